The highest BCUT2D eigenvalue weighted by molar-refractivity contribution is 7.92. The molecule has 1 heterocycles. The van der Waals surface area contributed by atoms with Gasteiger partial charge in [0.1, 0.15) is 5.76 Å². The van der Waals surface area contributed by atoms with Crippen LogP contribution in [-0.4, -0.2) is 32.3 Å². The lowest BCUT2D eigenvalue weighted by Crippen LogP contribution is -2.33. The molecular formula is C14H15Cl2N3O4S. The molecule has 0 radical (unpaired) electrons. The number of sulfonamides is 1. The van der Waals surface area contributed by atoms with Crippen LogP contribution in [0, 0.1) is 6.92 Å². The van der Waals surface area contributed by atoms with Gasteiger partial charge in [0.25, 0.3) is 0 Å². The number of aryl methyl sites for hydroxylation is 1. The van der Waals surface area contributed by atoms with Crippen molar-refractivity contribution in [1.29, 1.82) is 0 Å². The van der Waals surface area contributed by atoms with E-state index >= 15 is 0 Å². The van der Waals surface area contributed by atoms with Gasteiger partial charge in [-0.05, 0) is 25.1 Å². The maximum atomic E-state index is 12.0. The van der Waals surface area contributed by atoms with Crippen LogP contribution < -0.4 is 9.62 Å². The molecule has 0 aliphatic rings. The largest absolute Gasteiger partial charge is 0.360 e. The predicted molar refractivity (Wildman–Crippen MR) is 93.1 cm³/mol. The summed E-state index contributed by atoms with van der Waals surface area (Å²) in [5.74, 6) is 0.205. The fourth-order valence-electron chi connectivity index (χ4n) is 1.93. The van der Waals surface area contributed by atoms with Gasteiger partial charge in [-0.15, -0.1) is 0 Å². The van der Waals surface area contributed by atoms with Gasteiger partial charge >= 0.3 is 0 Å². The fourth-order valence-corrected chi connectivity index (χ4v) is 3.23. The molecule has 1 aromatic heterocycles. The molecule has 1 N–H and O–H groups in total. The number of rotatable bonds is 6. The second kappa shape index (κ2) is 7.42. The number of anilines is 2. The summed E-state index contributed by atoms with van der Waals surface area (Å²) >= 11 is 11.8. The standard InChI is InChI=1S/C14H15Cl2N3O4S/c1-9-7-13(18-23-9)19(24(2,21)22)6-5-14(20)17-12-4-3-10(15)8-11(12)16/h3-4,7-8H,5-6H2,1-2H3,(H,17,20). The summed E-state index contributed by atoms with van der Waals surface area (Å²) in [5.41, 5.74) is 0.397. The number of halogens is 2. The molecule has 0 bridgehead atoms. The van der Waals surface area contributed by atoms with E-state index in [0.29, 0.717) is 21.5 Å². The average Bonchev–Trinajstić information content (AvgIpc) is 2.87. The van der Waals surface area contributed by atoms with E-state index in [0.717, 1.165) is 10.6 Å². The Balaban J connectivity index is 2.05. The van der Waals surface area contributed by atoms with E-state index in [-0.39, 0.29) is 18.8 Å². The fraction of sp³-hybridized carbons (Fsp3) is 0.286. The molecule has 2 aromatic rings. The maximum absolute atomic E-state index is 12.0. The van der Waals surface area contributed by atoms with E-state index in [1.165, 1.54) is 12.1 Å². The summed E-state index contributed by atoms with van der Waals surface area (Å²) in [4.78, 5) is 12.0. The number of carbonyl (C=O) groups excluding carboxylic acids is 1. The van der Waals surface area contributed by atoms with Crippen LogP contribution in [0.3, 0.4) is 0 Å². The van der Waals surface area contributed by atoms with Crippen molar-refractivity contribution in [3.05, 3.63) is 40.1 Å². The molecule has 0 saturated heterocycles. The molecular weight excluding hydrogens is 377 g/mol. The summed E-state index contributed by atoms with van der Waals surface area (Å²) in [7, 11) is -3.60. The third-order valence-electron chi connectivity index (χ3n) is 3.02. The highest BCUT2D eigenvalue weighted by atomic mass is 35.5. The highest BCUT2D eigenvalue weighted by Crippen LogP contribution is 2.25. The monoisotopic (exact) mass is 391 g/mol. The van der Waals surface area contributed by atoms with Crippen molar-refractivity contribution in [2.24, 2.45) is 0 Å². The summed E-state index contributed by atoms with van der Waals surface area (Å²) in [6.45, 7) is 1.56. The SMILES string of the molecule is Cc1cc(N(CCC(=O)Nc2ccc(Cl)cc2Cl)S(C)(=O)=O)no1. The molecule has 24 heavy (non-hydrogen) atoms. The van der Waals surface area contributed by atoms with Crippen LogP contribution in [0.2, 0.25) is 10.0 Å². The van der Waals surface area contributed by atoms with Crippen molar-refractivity contribution in [2.75, 3.05) is 22.4 Å². The Bertz CT molecular complexity index is 851. The third kappa shape index (κ3) is 4.86. The van der Waals surface area contributed by atoms with Crippen molar-refractivity contribution in [3.8, 4) is 0 Å². The number of benzene rings is 1. The van der Waals surface area contributed by atoms with Crippen molar-refractivity contribution < 1.29 is 17.7 Å². The molecule has 0 unspecified atom stereocenters. The van der Waals surface area contributed by atoms with Crippen molar-refractivity contribution in [2.45, 2.75) is 13.3 Å². The lowest BCUT2D eigenvalue weighted by Gasteiger charge is -2.18. The van der Waals surface area contributed by atoms with Gasteiger partial charge in [0.2, 0.25) is 15.9 Å². The maximum Gasteiger partial charge on any atom is 0.233 e. The van der Waals surface area contributed by atoms with Gasteiger partial charge in [-0.25, -0.2) is 8.42 Å². The Morgan fingerprint density at radius 1 is 1.33 bits per heavy atom. The van der Waals surface area contributed by atoms with Gasteiger partial charge in [-0.3, -0.25) is 9.10 Å². The molecule has 0 spiro atoms. The van der Waals surface area contributed by atoms with Crippen LogP contribution >= 0.6 is 23.2 Å². The summed E-state index contributed by atoms with van der Waals surface area (Å²) in [5, 5.41) is 7.02. The number of nitrogens with one attached hydrogen (secondary N) is 1. The Labute approximate surface area is 149 Å². The first-order valence-corrected chi connectivity index (χ1v) is 9.43. The van der Waals surface area contributed by atoms with Gasteiger partial charge in [0.05, 0.1) is 17.0 Å². The van der Waals surface area contributed by atoms with Gasteiger partial charge in [0, 0.05) is 24.1 Å². The summed E-state index contributed by atoms with van der Waals surface area (Å²) < 4.78 is 29.7. The van der Waals surface area contributed by atoms with Crippen molar-refractivity contribution in [3.63, 3.8) is 0 Å². The minimum Gasteiger partial charge on any atom is -0.360 e. The van der Waals surface area contributed by atoms with Crippen LogP contribution in [-0.2, 0) is 14.8 Å². The zero-order valence-electron chi connectivity index (χ0n) is 12.9. The summed E-state index contributed by atoms with van der Waals surface area (Å²) in [6, 6.07) is 6.14. The van der Waals surface area contributed by atoms with Crippen LogP contribution in [0.1, 0.15) is 12.2 Å². The van der Waals surface area contributed by atoms with E-state index in [4.69, 9.17) is 27.7 Å². The van der Waals surface area contributed by atoms with E-state index in [1.807, 2.05) is 0 Å². The highest BCUT2D eigenvalue weighted by Gasteiger charge is 2.22. The number of aromatic nitrogens is 1. The number of hydrogen-bond acceptors (Lipinski definition) is 5. The van der Waals surface area contributed by atoms with Crippen molar-refractivity contribution in [1.82, 2.24) is 5.16 Å². The summed E-state index contributed by atoms with van der Waals surface area (Å²) in [6.07, 6.45) is 0.947. The van der Waals surface area contributed by atoms with E-state index in [9.17, 15) is 13.2 Å². The average molecular weight is 392 g/mol. The first-order chi connectivity index (χ1) is 11.2. The van der Waals surface area contributed by atoms with Crippen molar-refractivity contribution >= 4 is 50.6 Å². The van der Waals surface area contributed by atoms with E-state index in [2.05, 4.69) is 10.5 Å². The number of hydrogen-bond donors (Lipinski definition) is 1. The molecule has 7 nitrogen and oxygen atoms in total. The van der Waals surface area contributed by atoms with Crippen LogP contribution in [0.5, 0.6) is 0 Å². The first-order valence-electron chi connectivity index (χ1n) is 6.83. The zero-order valence-corrected chi connectivity index (χ0v) is 15.2. The molecule has 2 rings (SSSR count). The van der Waals surface area contributed by atoms with Crippen LogP contribution in [0.15, 0.2) is 28.8 Å². The Morgan fingerprint density at radius 2 is 2.04 bits per heavy atom. The van der Waals surface area contributed by atoms with Gasteiger partial charge in [-0.2, -0.15) is 0 Å². The zero-order chi connectivity index (χ0) is 17.9. The molecule has 0 aliphatic heterocycles. The second-order valence-electron chi connectivity index (χ2n) is 5.05. The molecule has 0 atom stereocenters. The van der Waals surface area contributed by atoms with Gasteiger partial charge < -0.3 is 9.84 Å². The molecule has 1 amide bonds. The number of carbonyl (C=O) groups is 1. The molecule has 0 fully saturated rings. The lowest BCUT2D eigenvalue weighted by atomic mass is 10.3. The molecule has 0 saturated carbocycles. The third-order valence-corrected chi connectivity index (χ3v) is 4.74. The normalized spacial score (nSPS) is 11.3. The topological polar surface area (TPSA) is 92.5 Å². The Kier molecular flexibility index (Phi) is 5.74. The van der Waals surface area contributed by atoms with E-state index in [1.54, 1.807) is 19.1 Å². The molecule has 130 valence electrons. The molecule has 0 aliphatic carbocycles. The predicted octanol–water partition coefficient (Wildman–Crippen LogP) is 3.08. The van der Waals surface area contributed by atoms with Crippen LogP contribution in [0.25, 0.3) is 0 Å². The van der Waals surface area contributed by atoms with E-state index < -0.39 is 15.9 Å². The molecule has 1 aromatic carbocycles. The molecule has 10 heteroatoms. The van der Waals surface area contributed by atoms with Gasteiger partial charge in [-0.1, -0.05) is 28.4 Å². The Morgan fingerprint density at radius 3 is 2.58 bits per heavy atom. The van der Waals surface area contributed by atoms with Crippen LogP contribution in [0.4, 0.5) is 11.5 Å². The quantitative estimate of drug-likeness (QED) is 0.816. The first kappa shape index (κ1) is 18.6. The minimum absolute atomic E-state index is 0.0815. The lowest BCUT2D eigenvalue weighted by molar-refractivity contribution is -0.116. The minimum atomic E-state index is -3.60. The number of nitrogens with zero attached hydrogens (tertiary/aromatic N) is 2. The van der Waals surface area contributed by atoms with Gasteiger partial charge in [0.15, 0.2) is 5.82 Å². The second-order valence-corrected chi connectivity index (χ2v) is 7.80. The smallest absolute Gasteiger partial charge is 0.233 e. The number of amides is 1. The Hall–Kier alpha value is -1.77.